The van der Waals surface area contributed by atoms with Gasteiger partial charge in [-0.25, -0.2) is 5.43 Å². The Morgan fingerprint density at radius 2 is 2.00 bits per heavy atom. The molecule has 2 saturated heterocycles. The molecule has 2 aliphatic rings. The molecule has 4 rings (SSSR count). The number of hydrazine groups is 1. The highest BCUT2D eigenvalue weighted by Gasteiger charge is 2.40. The molecular formula is C22H30N4O. The lowest BCUT2D eigenvalue weighted by Crippen LogP contribution is -2.46. The minimum Gasteiger partial charge on any atom is -0.354 e. The van der Waals surface area contributed by atoms with Crippen LogP contribution in [0.15, 0.2) is 42.5 Å². The lowest BCUT2D eigenvalue weighted by Gasteiger charge is -2.36. The van der Waals surface area contributed by atoms with Gasteiger partial charge in [0.2, 0.25) is 5.91 Å². The first kappa shape index (κ1) is 18.4. The third-order valence-corrected chi connectivity index (χ3v) is 5.86. The van der Waals surface area contributed by atoms with Gasteiger partial charge in [0, 0.05) is 37.5 Å². The highest BCUT2D eigenvalue weighted by molar-refractivity contribution is 5.86. The molecular weight excluding hydrogens is 336 g/mol. The first-order chi connectivity index (χ1) is 13.1. The molecule has 144 valence electrons. The van der Waals surface area contributed by atoms with Crippen LogP contribution in [-0.4, -0.2) is 42.5 Å². The molecule has 2 aromatic carbocycles. The molecule has 0 aromatic heterocycles. The van der Waals surface area contributed by atoms with Crippen molar-refractivity contribution in [3.63, 3.8) is 0 Å². The van der Waals surface area contributed by atoms with E-state index in [1.54, 1.807) is 0 Å². The second-order valence-corrected chi connectivity index (χ2v) is 8.17. The number of carbonyl (C=O) groups excluding carboxylic acids is 1. The van der Waals surface area contributed by atoms with Crippen LogP contribution in [0.5, 0.6) is 0 Å². The van der Waals surface area contributed by atoms with Gasteiger partial charge in [-0.1, -0.05) is 42.5 Å². The van der Waals surface area contributed by atoms with Crippen LogP contribution in [0.2, 0.25) is 0 Å². The molecule has 27 heavy (non-hydrogen) atoms. The number of piperidine rings is 1. The molecule has 1 amide bonds. The average Bonchev–Trinajstić information content (AvgIpc) is 3.08. The number of likely N-dealkylation sites (tertiary alicyclic amines) is 1. The van der Waals surface area contributed by atoms with Crippen molar-refractivity contribution >= 4 is 16.7 Å². The van der Waals surface area contributed by atoms with E-state index < -0.39 is 0 Å². The Hall–Kier alpha value is -1.95. The van der Waals surface area contributed by atoms with Gasteiger partial charge in [-0.2, -0.15) is 0 Å². The van der Waals surface area contributed by atoms with E-state index >= 15 is 0 Å². The molecule has 0 saturated carbocycles. The van der Waals surface area contributed by atoms with Crippen molar-refractivity contribution in [3.05, 3.63) is 48.0 Å². The molecule has 5 nitrogen and oxygen atoms in total. The Morgan fingerprint density at radius 3 is 2.85 bits per heavy atom. The topological polar surface area (TPSA) is 56.4 Å². The number of hydrogen-bond acceptors (Lipinski definition) is 4. The zero-order valence-electron chi connectivity index (χ0n) is 16.2. The minimum atomic E-state index is 0.153. The molecule has 0 spiro atoms. The van der Waals surface area contributed by atoms with E-state index in [1.807, 2.05) is 13.8 Å². The smallest absolute Gasteiger partial charge is 0.221 e. The maximum atomic E-state index is 12.0. The van der Waals surface area contributed by atoms with Crippen LogP contribution in [0.25, 0.3) is 10.8 Å². The predicted octanol–water partition coefficient (Wildman–Crippen LogP) is 2.59. The quantitative estimate of drug-likeness (QED) is 0.761. The van der Waals surface area contributed by atoms with E-state index in [0.717, 1.165) is 26.1 Å². The van der Waals surface area contributed by atoms with E-state index in [2.05, 4.69) is 63.5 Å². The molecule has 2 fully saturated rings. The van der Waals surface area contributed by atoms with E-state index in [1.165, 1.54) is 16.3 Å². The van der Waals surface area contributed by atoms with Crippen LogP contribution in [0.4, 0.5) is 0 Å². The van der Waals surface area contributed by atoms with Gasteiger partial charge >= 0.3 is 0 Å². The third-order valence-electron chi connectivity index (χ3n) is 5.86. The number of nitrogens with one attached hydrogen (secondary N) is 3. The van der Waals surface area contributed by atoms with E-state index in [9.17, 15) is 4.79 Å². The molecule has 2 aliphatic heterocycles. The summed E-state index contributed by atoms with van der Waals surface area (Å²) >= 11 is 0. The zero-order chi connectivity index (χ0) is 18.8. The highest BCUT2D eigenvalue weighted by Crippen LogP contribution is 2.36. The molecule has 0 bridgehead atoms. The van der Waals surface area contributed by atoms with Gasteiger partial charge in [0.15, 0.2) is 0 Å². The summed E-state index contributed by atoms with van der Waals surface area (Å²) in [4.78, 5) is 14.4. The number of carbonyl (C=O) groups is 1. The van der Waals surface area contributed by atoms with Crippen LogP contribution in [0, 0.1) is 5.92 Å². The van der Waals surface area contributed by atoms with Crippen molar-refractivity contribution in [1.29, 1.82) is 0 Å². The largest absolute Gasteiger partial charge is 0.354 e. The van der Waals surface area contributed by atoms with E-state index in [4.69, 9.17) is 0 Å². The summed E-state index contributed by atoms with van der Waals surface area (Å²) in [5, 5.41) is 5.61. The number of amides is 1. The van der Waals surface area contributed by atoms with Crippen LogP contribution >= 0.6 is 0 Å². The Kier molecular flexibility index (Phi) is 5.43. The normalized spacial score (nSPS) is 25.7. The average molecular weight is 367 g/mol. The fraction of sp³-hybridized carbons (Fsp3) is 0.500. The summed E-state index contributed by atoms with van der Waals surface area (Å²) in [5.41, 5.74) is 8.46. The van der Waals surface area contributed by atoms with Gasteiger partial charge in [-0.05, 0) is 43.1 Å². The second-order valence-electron chi connectivity index (χ2n) is 8.17. The molecule has 5 heteroatoms. The molecule has 0 radical (unpaired) electrons. The Labute approximate surface area is 161 Å². The number of rotatable bonds is 5. The van der Waals surface area contributed by atoms with Gasteiger partial charge < -0.3 is 10.2 Å². The third kappa shape index (κ3) is 4.00. The van der Waals surface area contributed by atoms with E-state index in [-0.39, 0.29) is 11.9 Å². The molecule has 2 heterocycles. The van der Waals surface area contributed by atoms with Crippen LogP contribution < -0.4 is 16.2 Å². The Balaban J connectivity index is 1.46. The number of nitrogens with zero attached hydrogens (tertiary/aromatic N) is 1. The van der Waals surface area contributed by atoms with Gasteiger partial charge in [0.1, 0.15) is 0 Å². The van der Waals surface area contributed by atoms with Gasteiger partial charge in [-0.3, -0.25) is 10.2 Å². The summed E-state index contributed by atoms with van der Waals surface area (Å²) in [5.74, 6) is 0.665. The van der Waals surface area contributed by atoms with Gasteiger partial charge in [0.25, 0.3) is 0 Å². The lowest BCUT2D eigenvalue weighted by atomic mass is 9.83. The lowest BCUT2D eigenvalue weighted by molar-refractivity contribution is -0.122. The first-order valence-corrected chi connectivity index (χ1v) is 10.1. The maximum absolute atomic E-state index is 12.0. The van der Waals surface area contributed by atoms with Crippen LogP contribution in [0.1, 0.15) is 38.3 Å². The molecule has 3 atom stereocenters. The van der Waals surface area contributed by atoms with Crippen molar-refractivity contribution in [1.82, 2.24) is 21.1 Å². The summed E-state index contributed by atoms with van der Waals surface area (Å²) < 4.78 is 0. The van der Waals surface area contributed by atoms with Gasteiger partial charge in [0.05, 0.1) is 6.04 Å². The van der Waals surface area contributed by atoms with Gasteiger partial charge in [-0.15, -0.1) is 0 Å². The number of benzene rings is 2. The summed E-state index contributed by atoms with van der Waals surface area (Å²) in [6, 6.07) is 16.2. The fourth-order valence-corrected chi connectivity index (χ4v) is 4.56. The molecule has 2 aromatic rings. The van der Waals surface area contributed by atoms with E-state index in [0.29, 0.717) is 24.4 Å². The molecule has 3 N–H and O–H groups in total. The summed E-state index contributed by atoms with van der Waals surface area (Å²) in [6.07, 6.45) is 1.69. The Morgan fingerprint density at radius 1 is 1.19 bits per heavy atom. The summed E-state index contributed by atoms with van der Waals surface area (Å²) in [6.45, 7) is 6.92. The van der Waals surface area contributed by atoms with Crippen molar-refractivity contribution in [2.75, 3.05) is 19.6 Å². The summed E-state index contributed by atoms with van der Waals surface area (Å²) in [7, 11) is 0. The Bertz CT molecular complexity index is 801. The zero-order valence-corrected chi connectivity index (χ0v) is 16.2. The first-order valence-electron chi connectivity index (χ1n) is 10.1. The predicted molar refractivity (Wildman–Crippen MR) is 109 cm³/mol. The van der Waals surface area contributed by atoms with Crippen molar-refractivity contribution < 1.29 is 4.79 Å². The maximum Gasteiger partial charge on any atom is 0.221 e. The minimum absolute atomic E-state index is 0.153. The van der Waals surface area contributed by atoms with Crippen LogP contribution in [-0.2, 0) is 4.79 Å². The van der Waals surface area contributed by atoms with Crippen molar-refractivity contribution in [2.24, 2.45) is 5.92 Å². The fourth-order valence-electron chi connectivity index (χ4n) is 4.56. The van der Waals surface area contributed by atoms with Crippen LogP contribution in [0.3, 0.4) is 0 Å². The number of fused-ring (bicyclic) bond motifs is 2. The molecule has 3 unspecified atom stereocenters. The monoisotopic (exact) mass is 366 g/mol. The molecule has 0 aliphatic carbocycles. The van der Waals surface area contributed by atoms with Crippen molar-refractivity contribution in [3.8, 4) is 0 Å². The van der Waals surface area contributed by atoms with Crippen molar-refractivity contribution in [2.45, 2.75) is 44.8 Å². The highest BCUT2D eigenvalue weighted by atomic mass is 16.1. The standard InChI is InChI=1S/C22H30N4O/c1-15(2)23-21(27)11-13-26-12-10-20-19(14-26)22(25-24-20)18-9-5-7-16-6-3-4-8-17(16)18/h3-9,15,19-20,22,24-25H,10-14H2,1-2H3,(H,23,27). The SMILES string of the molecule is CC(C)NC(=O)CCN1CCC2NNC(c3cccc4ccccc34)C2C1. The number of hydrogen-bond donors (Lipinski definition) is 3. The second kappa shape index (κ2) is 7.97.